The maximum absolute atomic E-state index is 16.3. The van der Waals surface area contributed by atoms with Gasteiger partial charge in [0.2, 0.25) is 0 Å². The summed E-state index contributed by atoms with van der Waals surface area (Å²) >= 11 is 0. The molecule has 0 N–H and O–H groups in total. The van der Waals surface area contributed by atoms with Crippen LogP contribution in [0.5, 0.6) is 0 Å². The molecule has 1 fully saturated rings. The molecule has 2 aliphatic carbocycles. The van der Waals surface area contributed by atoms with Crippen molar-refractivity contribution in [3.63, 3.8) is 0 Å². The molecule has 1 saturated carbocycles. The molecule has 0 radical (unpaired) electrons. The van der Waals surface area contributed by atoms with Crippen LogP contribution in [0.3, 0.4) is 0 Å². The normalized spacial score (nSPS) is 19.8. The summed E-state index contributed by atoms with van der Waals surface area (Å²) in [7, 11) is 0. The molecule has 0 spiro atoms. The Kier molecular flexibility index (Phi) is 11.7. The first kappa shape index (κ1) is 41.0. The van der Waals surface area contributed by atoms with Gasteiger partial charge in [0.05, 0.1) is 0 Å². The highest BCUT2D eigenvalue weighted by Crippen LogP contribution is 2.64. The molecule has 1 heterocycles. The van der Waals surface area contributed by atoms with E-state index in [9.17, 15) is 8.78 Å². The molecule has 0 saturated heterocycles. The molecular formula is C43H42BF10P. The maximum atomic E-state index is 16.3. The van der Waals surface area contributed by atoms with E-state index in [-0.39, 0.29) is 22.9 Å². The van der Waals surface area contributed by atoms with Gasteiger partial charge in [0.1, 0.15) is 0 Å². The van der Waals surface area contributed by atoms with Crippen LogP contribution in [0.15, 0.2) is 35.4 Å². The van der Waals surface area contributed by atoms with Crippen molar-refractivity contribution < 1.29 is 43.9 Å². The van der Waals surface area contributed by atoms with E-state index in [1.54, 1.807) is 0 Å². The molecule has 0 nitrogen and oxygen atoms in total. The molecule has 1 aliphatic heterocycles. The zero-order chi connectivity index (χ0) is 40.3. The lowest BCUT2D eigenvalue weighted by atomic mass is 9.37. The molecule has 55 heavy (non-hydrogen) atoms. The average Bonchev–Trinajstić information content (AvgIpc) is 3.50. The third kappa shape index (κ3) is 6.83. The Morgan fingerprint density at radius 2 is 1.07 bits per heavy atom. The first-order valence-corrected chi connectivity index (χ1v) is 20.7. The lowest BCUT2D eigenvalue weighted by molar-refractivity contribution is 0.382. The lowest BCUT2D eigenvalue weighted by Gasteiger charge is -2.39. The second-order valence-corrected chi connectivity index (χ2v) is 19.0. The van der Waals surface area contributed by atoms with E-state index in [1.807, 2.05) is 59.8 Å². The summed E-state index contributed by atoms with van der Waals surface area (Å²) in [5.74, 6) is -21.5. The van der Waals surface area contributed by atoms with Crippen LogP contribution in [-0.4, -0.2) is 17.6 Å². The Morgan fingerprint density at radius 3 is 1.51 bits per heavy atom. The topological polar surface area (TPSA) is 0 Å². The van der Waals surface area contributed by atoms with Crippen LogP contribution in [-0.2, 0) is 0 Å². The molecule has 3 aromatic carbocycles. The van der Waals surface area contributed by atoms with E-state index in [4.69, 9.17) is 0 Å². The van der Waals surface area contributed by atoms with Gasteiger partial charge in [0, 0.05) is 16.6 Å². The van der Waals surface area contributed by atoms with Crippen LogP contribution in [0.25, 0.3) is 0 Å². The van der Waals surface area contributed by atoms with E-state index in [0.717, 1.165) is 41.5 Å². The van der Waals surface area contributed by atoms with Gasteiger partial charge in [-0.3, -0.25) is 0 Å². The van der Waals surface area contributed by atoms with Crippen LogP contribution in [0.1, 0.15) is 127 Å². The second kappa shape index (κ2) is 15.7. The van der Waals surface area contributed by atoms with Crippen LogP contribution in [0.2, 0.25) is 0 Å². The van der Waals surface area contributed by atoms with E-state index >= 15 is 35.1 Å². The molecule has 0 bridgehead atoms. The number of benzene rings is 3. The van der Waals surface area contributed by atoms with Gasteiger partial charge in [0.25, 0.3) is 6.71 Å². The zero-order valence-electron chi connectivity index (χ0n) is 31.6. The summed E-state index contributed by atoms with van der Waals surface area (Å²) in [6.07, 6.45) is 8.72. The predicted octanol–water partition coefficient (Wildman–Crippen LogP) is 11.5. The fraction of sp³-hybridized carbons (Fsp3) is 0.419. The lowest BCUT2D eigenvalue weighted by Crippen LogP contribution is -2.56. The number of halogens is 10. The fourth-order valence-corrected chi connectivity index (χ4v) is 13.9. The minimum Gasteiger partial charge on any atom is -0.204 e. The van der Waals surface area contributed by atoms with Crippen molar-refractivity contribution in [1.29, 1.82) is 0 Å². The molecule has 2 atom stereocenters. The Labute approximate surface area is 316 Å². The van der Waals surface area contributed by atoms with Crippen molar-refractivity contribution in [2.75, 3.05) is 0 Å². The number of allylic oxidation sites excluding steroid dienone is 4. The third-order valence-corrected chi connectivity index (χ3v) is 15.7. The molecule has 292 valence electrons. The Hall–Kier alpha value is -3.64. The smallest absolute Gasteiger partial charge is 0.204 e. The summed E-state index contributed by atoms with van der Waals surface area (Å²) in [4.78, 5) is 0. The molecule has 0 aromatic heterocycles. The summed E-state index contributed by atoms with van der Waals surface area (Å²) in [5.41, 5.74) is 3.57. The number of fused-ring (bicyclic) bond motifs is 1. The van der Waals surface area contributed by atoms with E-state index in [0.29, 0.717) is 43.0 Å². The third-order valence-electron chi connectivity index (χ3n) is 11.3. The molecule has 0 amide bonds. The van der Waals surface area contributed by atoms with Gasteiger partial charge >= 0.3 is 0 Å². The molecule has 6 rings (SSSR count). The minimum absolute atomic E-state index is 0.0432. The number of rotatable bonds is 7. The number of hydrogen-bond donors (Lipinski definition) is 0. The SMILES string of the molecule is CC(C)c1cc(C(C)C)c([P@@]2(C#CC3=CCCCC3)=C(B(c3c(F)c(F)c(F)c(F)c3F)c3c(F)c(F)c(F)c(F)c3F)C=C3CCCC[C@H]32)c(C(C)C)c1. The molecule has 3 aliphatic rings. The standard InChI is InChI=1S/C43H42BF10P/c1-21(2)26-18-27(22(3)4)43(28(19-26)23(5)6)55(17-16-24-12-8-7-9-13-24)29-15-11-10-14-25(29)20-30(55)44(31-33(45)37(49)41(53)38(50)34(31)46)32-35(47)39(51)42(54)40(52)36(32)48/h12,18-23,29H,7-11,13-15H2,1-6H3/t29-,55-/m1/s1. The Balaban J connectivity index is 1.97. The highest BCUT2D eigenvalue weighted by atomic mass is 31.2. The van der Waals surface area contributed by atoms with Crippen molar-refractivity contribution in [2.24, 2.45) is 0 Å². The quantitative estimate of drug-likeness (QED) is 0.0559. The largest absolute Gasteiger partial charge is 0.258 e. The van der Waals surface area contributed by atoms with Gasteiger partial charge in [-0.1, -0.05) is 94.6 Å². The fourth-order valence-electron chi connectivity index (χ4n) is 8.50. The predicted molar refractivity (Wildman–Crippen MR) is 202 cm³/mol. The summed E-state index contributed by atoms with van der Waals surface area (Å²) in [6, 6.07) is 4.01. The molecule has 0 unspecified atom stereocenters. The first-order valence-electron chi connectivity index (χ1n) is 18.8. The van der Waals surface area contributed by atoms with Crippen LogP contribution < -0.4 is 16.2 Å². The average molecular weight is 791 g/mol. The van der Waals surface area contributed by atoms with Gasteiger partial charge < -0.3 is 0 Å². The Bertz CT molecular complexity index is 2100. The van der Waals surface area contributed by atoms with Gasteiger partial charge in [-0.2, -0.15) is 0 Å². The number of hydrogen-bond acceptors (Lipinski definition) is 0. The highest BCUT2D eigenvalue weighted by molar-refractivity contribution is 7.92. The molecular weight excluding hydrogens is 748 g/mol. The zero-order valence-corrected chi connectivity index (χ0v) is 32.5. The minimum atomic E-state index is -3.71. The van der Waals surface area contributed by atoms with Crippen molar-refractivity contribution >= 4 is 35.0 Å². The van der Waals surface area contributed by atoms with Gasteiger partial charge in [-0.15, -0.1) is 0 Å². The second-order valence-electron chi connectivity index (χ2n) is 15.8. The first-order chi connectivity index (χ1) is 25.9. The van der Waals surface area contributed by atoms with Crippen molar-refractivity contribution in [3.8, 4) is 11.6 Å². The van der Waals surface area contributed by atoms with Gasteiger partial charge in [-0.05, 0) is 97.2 Å². The van der Waals surface area contributed by atoms with Gasteiger partial charge in [-0.25, -0.2) is 43.9 Å². The summed E-state index contributed by atoms with van der Waals surface area (Å²) in [5, 5.41) is 0.447. The van der Waals surface area contributed by atoms with Crippen molar-refractivity contribution in [1.82, 2.24) is 0 Å². The van der Waals surface area contributed by atoms with E-state index < -0.39 is 88.4 Å². The van der Waals surface area contributed by atoms with Crippen molar-refractivity contribution in [3.05, 3.63) is 110 Å². The van der Waals surface area contributed by atoms with E-state index in [2.05, 4.69) is 11.6 Å². The van der Waals surface area contributed by atoms with Crippen molar-refractivity contribution in [2.45, 2.75) is 116 Å². The molecule has 3 aromatic rings. The van der Waals surface area contributed by atoms with Gasteiger partial charge in [0.15, 0.2) is 58.2 Å². The Morgan fingerprint density at radius 1 is 0.600 bits per heavy atom. The summed E-state index contributed by atoms with van der Waals surface area (Å²) < 4.78 is 156. The highest BCUT2D eigenvalue weighted by Gasteiger charge is 2.50. The summed E-state index contributed by atoms with van der Waals surface area (Å²) in [6.45, 7) is 5.43. The molecule has 12 heteroatoms. The van der Waals surface area contributed by atoms with Crippen LogP contribution >= 0.6 is 6.89 Å². The van der Waals surface area contributed by atoms with Crippen LogP contribution in [0.4, 0.5) is 43.9 Å². The monoisotopic (exact) mass is 790 g/mol. The maximum Gasteiger partial charge on any atom is 0.258 e. The van der Waals surface area contributed by atoms with E-state index in [1.165, 1.54) is 6.08 Å². The van der Waals surface area contributed by atoms with Crippen LogP contribution in [0, 0.1) is 69.8 Å².